The van der Waals surface area contributed by atoms with Gasteiger partial charge in [0.2, 0.25) is 15.9 Å². The van der Waals surface area contributed by atoms with Gasteiger partial charge in [0.05, 0.1) is 4.90 Å². The van der Waals surface area contributed by atoms with Gasteiger partial charge in [-0.3, -0.25) is 4.79 Å². The highest BCUT2D eigenvalue weighted by molar-refractivity contribution is 9.10. The van der Waals surface area contributed by atoms with Crippen molar-refractivity contribution < 1.29 is 13.2 Å². The molecule has 0 aliphatic rings. The fourth-order valence-corrected chi connectivity index (χ4v) is 2.90. The molecule has 5 nitrogen and oxygen atoms in total. The minimum absolute atomic E-state index is 0.0101. The number of sulfonamides is 1. The number of carbonyl (C=O) groups is 1. The lowest BCUT2D eigenvalue weighted by Gasteiger charge is -2.11. The number of halogens is 1. The smallest absolute Gasteiger partial charge is 0.239 e. The Kier molecular flexibility index (Phi) is 4.89. The van der Waals surface area contributed by atoms with E-state index in [4.69, 9.17) is 5.14 Å². The molecule has 0 radical (unpaired) electrons. The van der Waals surface area contributed by atoms with Crippen molar-refractivity contribution in [2.24, 2.45) is 11.1 Å². The molecular weight excluding hydrogens is 320 g/mol. The lowest BCUT2D eigenvalue weighted by molar-refractivity contribution is -0.119. The van der Waals surface area contributed by atoms with Crippen molar-refractivity contribution in [2.45, 2.75) is 25.2 Å². The Morgan fingerprint density at radius 2 is 2.11 bits per heavy atom. The van der Waals surface area contributed by atoms with Gasteiger partial charge in [-0.15, -0.1) is 0 Å². The highest BCUT2D eigenvalue weighted by atomic mass is 79.9. The Labute approximate surface area is 115 Å². The van der Waals surface area contributed by atoms with Crippen LogP contribution in [0.2, 0.25) is 0 Å². The third kappa shape index (κ3) is 3.79. The van der Waals surface area contributed by atoms with E-state index in [1.807, 2.05) is 13.8 Å². The van der Waals surface area contributed by atoms with E-state index in [-0.39, 0.29) is 16.7 Å². The lowest BCUT2D eigenvalue weighted by Crippen LogP contribution is -2.20. The van der Waals surface area contributed by atoms with Crippen LogP contribution in [-0.2, 0) is 14.8 Å². The monoisotopic (exact) mass is 334 g/mol. The van der Waals surface area contributed by atoms with Gasteiger partial charge >= 0.3 is 0 Å². The van der Waals surface area contributed by atoms with E-state index < -0.39 is 10.0 Å². The summed E-state index contributed by atoms with van der Waals surface area (Å²) in [4.78, 5) is 11.7. The summed E-state index contributed by atoms with van der Waals surface area (Å²) in [5, 5.41) is 7.74. The molecule has 1 amide bonds. The van der Waals surface area contributed by atoms with Crippen LogP contribution in [-0.4, -0.2) is 14.3 Å². The van der Waals surface area contributed by atoms with E-state index >= 15 is 0 Å². The molecule has 0 aliphatic heterocycles. The van der Waals surface area contributed by atoms with Crippen LogP contribution in [0, 0.1) is 5.92 Å². The minimum Gasteiger partial charge on any atom is -0.326 e. The summed E-state index contributed by atoms with van der Waals surface area (Å²) >= 11 is 3.12. The van der Waals surface area contributed by atoms with Gasteiger partial charge in [-0.25, -0.2) is 13.6 Å². The Hall–Kier alpha value is -0.920. The third-order valence-electron chi connectivity index (χ3n) is 2.57. The molecular formula is C11H15BrN2O3S. The first-order valence-corrected chi connectivity index (χ1v) is 7.72. The summed E-state index contributed by atoms with van der Waals surface area (Å²) in [7, 11) is -3.76. The molecule has 3 N–H and O–H groups in total. The largest absolute Gasteiger partial charge is 0.326 e. The zero-order valence-corrected chi connectivity index (χ0v) is 12.5. The van der Waals surface area contributed by atoms with E-state index in [0.29, 0.717) is 10.2 Å². The van der Waals surface area contributed by atoms with Crippen LogP contribution >= 0.6 is 15.9 Å². The maximum Gasteiger partial charge on any atom is 0.239 e. The summed E-state index contributed by atoms with van der Waals surface area (Å²) in [6, 6.07) is 4.37. The number of nitrogens with two attached hydrogens (primary N) is 1. The van der Waals surface area contributed by atoms with Gasteiger partial charge in [0, 0.05) is 16.1 Å². The van der Waals surface area contributed by atoms with Crippen molar-refractivity contribution in [2.75, 3.05) is 5.32 Å². The number of anilines is 1. The number of hydrogen-bond acceptors (Lipinski definition) is 3. The standard InChI is InChI=1S/C11H15BrN2O3S/c1-3-7(2)11(15)14-8-4-5-10(9(12)6-8)18(13,16)17/h4-7H,3H2,1-2H3,(H,14,15)(H2,13,16,17). The molecule has 0 bridgehead atoms. The summed E-state index contributed by atoms with van der Waals surface area (Å²) in [6.45, 7) is 3.74. The second-order valence-electron chi connectivity index (χ2n) is 3.99. The molecule has 0 aliphatic carbocycles. The van der Waals surface area contributed by atoms with E-state index in [9.17, 15) is 13.2 Å². The van der Waals surface area contributed by atoms with E-state index in [2.05, 4.69) is 21.2 Å². The first-order valence-electron chi connectivity index (χ1n) is 5.39. The molecule has 0 heterocycles. The molecule has 0 aromatic heterocycles. The zero-order valence-electron chi connectivity index (χ0n) is 10.1. The van der Waals surface area contributed by atoms with Gasteiger partial charge in [-0.2, -0.15) is 0 Å². The molecule has 0 spiro atoms. The van der Waals surface area contributed by atoms with Crippen molar-refractivity contribution in [3.05, 3.63) is 22.7 Å². The second-order valence-corrected chi connectivity index (χ2v) is 6.37. The summed E-state index contributed by atoms with van der Waals surface area (Å²) in [6.07, 6.45) is 0.738. The number of carbonyl (C=O) groups excluding carboxylic acids is 1. The molecule has 0 saturated carbocycles. The molecule has 1 aromatic carbocycles. The number of nitrogens with one attached hydrogen (secondary N) is 1. The van der Waals surface area contributed by atoms with Gasteiger partial charge < -0.3 is 5.32 Å². The molecule has 0 saturated heterocycles. The number of primary sulfonamides is 1. The lowest BCUT2D eigenvalue weighted by atomic mass is 10.1. The molecule has 7 heteroatoms. The Balaban J connectivity index is 2.96. The second kappa shape index (κ2) is 5.81. The first kappa shape index (κ1) is 15.1. The molecule has 1 aromatic rings. The minimum atomic E-state index is -3.76. The van der Waals surface area contributed by atoms with Crippen LogP contribution in [0.3, 0.4) is 0 Å². The molecule has 1 unspecified atom stereocenters. The van der Waals surface area contributed by atoms with Crippen molar-refractivity contribution in [1.82, 2.24) is 0 Å². The SMILES string of the molecule is CCC(C)C(=O)Nc1ccc(S(N)(=O)=O)c(Br)c1. The summed E-state index contributed by atoms with van der Waals surface area (Å²) in [5.74, 6) is -0.200. The molecule has 100 valence electrons. The van der Waals surface area contributed by atoms with E-state index in [1.165, 1.54) is 18.2 Å². The highest BCUT2D eigenvalue weighted by Crippen LogP contribution is 2.24. The topological polar surface area (TPSA) is 89.3 Å². The number of amides is 1. The number of rotatable bonds is 4. The maximum absolute atomic E-state index is 11.7. The number of hydrogen-bond donors (Lipinski definition) is 2. The van der Waals surface area contributed by atoms with Gasteiger partial charge in [0.15, 0.2) is 0 Å². The number of benzene rings is 1. The van der Waals surface area contributed by atoms with Crippen molar-refractivity contribution in [3.63, 3.8) is 0 Å². The molecule has 0 fully saturated rings. The third-order valence-corrected chi connectivity index (χ3v) is 4.45. The predicted molar refractivity (Wildman–Crippen MR) is 73.6 cm³/mol. The normalized spacial score (nSPS) is 13.1. The van der Waals surface area contributed by atoms with Crippen molar-refractivity contribution >= 4 is 37.5 Å². The van der Waals surface area contributed by atoms with Gasteiger partial charge in [-0.05, 0) is 40.5 Å². The van der Waals surface area contributed by atoms with Crippen molar-refractivity contribution in [3.8, 4) is 0 Å². The fraction of sp³-hybridized carbons (Fsp3) is 0.364. The molecule has 18 heavy (non-hydrogen) atoms. The summed E-state index contributed by atoms with van der Waals surface area (Å²) in [5.41, 5.74) is 0.527. The molecule has 1 atom stereocenters. The van der Waals surface area contributed by atoms with Crippen LogP contribution in [0.25, 0.3) is 0 Å². The first-order chi connectivity index (χ1) is 8.25. The summed E-state index contributed by atoms with van der Waals surface area (Å²) < 4.78 is 22.7. The van der Waals surface area contributed by atoms with Gasteiger partial charge in [-0.1, -0.05) is 13.8 Å². The fourth-order valence-electron chi connectivity index (χ4n) is 1.26. The quantitative estimate of drug-likeness (QED) is 0.883. The highest BCUT2D eigenvalue weighted by Gasteiger charge is 2.15. The van der Waals surface area contributed by atoms with Crippen LogP contribution in [0.1, 0.15) is 20.3 Å². The average molecular weight is 335 g/mol. The molecule has 1 rings (SSSR count). The van der Waals surface area contributed by atoms with Crippen LogP contribution in [0.5, 0.6) is 0 Å². The van der Waals surface area contributed by atoms with Crippen LogP contribution in [0.4, 0.5) is 5.69 Å². The predicted octanol–water partition coefficient (Wildman–Crippen LogP) is 2.08. The Morgan fingerprint density at radius 3 is 2.56 bits per heavy atom. The van der Waals surface area contributed by atoms with Crippen molar-refractivity contribution in [1.29, 1.82) is 0 Å². The van der Waals surface area contributed by atoms with Gasteiger partial charge in [0.1, 0.15) is 0 Å². The van der Waals surface area contributed by atoms with E-state index in [1.54, 1.807) is 0 Å². The van der Waals surface area contributed by atoms with E-state index in [0.717, 1.165) is 6.42 Å². The zero-order chi connectivity index (χ0) is 13.9. The maximum atomic E-state index is 11.7. The van der Waals surface area contributed by atoms with Gasteiger partial charge in [0.25, 0.3) is 0 Å². The van der Waals surface area contributed by atoms with Crippen LogP contribution in [0.15, 0.2) is 27.6 Å². The van der Waals surface area contributed by atoms with Crippen LogP contribution < -0.4 is 10.5 Å². The Bertz CT molecular complexity index is 557. The Morgan fingerprint density at radius 1 is 1.50 bits per heavy atom. The average Bonchev–Trinajstić information content (AvgIpc) is 2.26.